The van der Waals surface area contributed by atoms with Crippen LogP contribution in [-0.4, -0.2) is 42.6 Å². The molecule has 31 heavy (non-hydrogen) atoms. The highest BCUT2D eigenvalue weighted by atomic mass is 32.2. The number of fused-ring (bicyclic) bond motifs is 1. The summed E-state index contributed by atoms with van der Waals surface area (Å²) in [6.07, 6.45) is 16.5. The van der Waals surface area contributed by atoms with E-state index in [4.69, 9.17) is 17.2 Å². The zero-order valence-electron chi connectivity index (χ0n) is 19.1. The van der Waals surface area contributed by atoms with Gasteiger partial charge < -0.3 is 10.1 Å². The highest BCUT2D eigenvalue weighted by molar-refractivity contribution is 8.06. The average molecular weight is 451 g/mol. The van der Waals surface area contributed by atoms with E-state index < -0.39 is 0 Å². The molecule has 2 rings (SSSR count). The number of hydrogen-bond acceptors (Lipinski definition) is 5. The summed E-state index contributed by atoms with van der Waals surface area (Å²) in [5.41, 5.74) is 5.13. The summed E-state index contributed by atoms with van der Waals surface area (Å²) in [6.45, 7) is 14.2. The van der Waals surface area contributed by atoms with E-state index in [1.165, 1.54) is 16.8 Å². The normalized spacial score (nSPS) is 20.2. The highest BCUT2D eigenvalue weighted by Gasteiger charge is 2.35. The van der Waals surface area contributed by atoms with Crippen LogP contribution in [-0.2, 0) is 0 Å². The van der Waals surface area contributed by atoms with E-state index in [1.807, 2.05) is 25.2 Å². The number of nitrogens with zero attached hydrogens (tertiary/aromatic N) is 2. The Labute approximate surface area is 198 Å². The SMILES string of the molecule is C=C(S/C=C\C)C1=NCC(C(/C=C\C)=C/CC)=C2CC(N[B]/C(C)=C/C=C\C=S)CN12. The molecule has 6 heteroatoms. The molecule has 2 heterocycles. The van der Waals surface area contributed by atoms with Crippen molar-refractivity contribution in [2.75, 3.05) is 13.1 Å². The Morgan fingerprint density at radius 3 is 2.84 bits per heavy atom. The third kappa shape index (κ3) is 7.34. The number of hydrogen-bond donors (Lipinski definition) is 1. The fourth-order valence-electron chi connectivity index (χ4n) is 3.62. The summed E-state index contributed by atoms with van der Waals surface area (Å²) in [7, 11) is 2.09. The first kappa shape index (κ1) is 25.4. The zero-order valence-corrected chi connectivity index (χ0v) is 20.7. The van der Waals surface area contributed by atoms with Gasteiger partial charge in [0.25, 0.3) is 0 Å². The van der Waals surface area contributed by atoms with Crippen LogP contribution in [0.1, 0.15) is 40.5 Å². The van der Waals surface area contributed by atoms with Gasteiger partial charge in [-0.25, -0.2) is 0 Å². The molecular weight excluding hydrogens is 417 g/mol. The van der Waals surface area contributed by atoms with Gasteiger partial charge in [-0.3, -0.25) is 4.99 Å². The van der Waals surface area contributed by atoms with Crippen LogP contribution in [0, 0.1) is 0 Å². The molecule has 1 N–H and O–H groups in total. The standard InChI is InChI=1S/C25H33BN3S2/c1-6-11-21(12-7-2)23-17-27-25(20(5)31-15-8-3)29-18-22(16-24(23)29)28-26-19(4)13-9-10-14-30/h6,8-15,22,28H,5,7,16-18H2,1-4H3/b10-9-,11-6-,15-8-,19-13+,21-12+. The van der Waals surface area contributed by atoms with Gasteiger partial charge in [-0.05, 0) is 31.2 Å². The molecule has 0 spiro atoms. The van der Waals surface area contributed by atoms with E-state index in [2.05, 4.69) is 74.6 Å². The molecule has 163 valence electrons. The lowest BCUT2D eigenvalue weighted by molar-refractivity contribution is 0.537. The molecule has 1 saturated heterocycles. The van der Waals surface area contributed by atoms with Crippen LogP contribution in [0.15, 0.2) is 86.7 Å². The van der Waals surface area contributed by atoms with Gasteiger partial charge in [-0.15, -0.1) is 0 Å². The van der Waals surface area contributed by atoms with Crippen molar-refractivity contribution >= 4 is 42.6 Å². The molecule has 0 saturated carbocycles. The highest BCUT2D eigenvalue weighted by Crippen LogP contribution is 2.35. The predicted octanol–water partition coefficient (Wildman–Crippen LogP) is 6.09. The molecule has 0 aromatic rings. The van der Waals surface area contributed by atoms with Gasteiger partial charge in [0.15, 0.2) is 0 Å². The van der Waals surface area contributed by atoms with Crippen LogP contribution in [0.2, 0.25) is 0 Å². The number of amidine groups is 1. The van der Waals surface area contributed by atoms with E-state index >= 15 is 0 Å². The van der Waals surface area contributed by atoms with Crippen molar-refractivity contribution in [2.45, 2.75) is 46.6 Å². The number of thioether (sulfide) groups is 1. The maximum atomic E-state index is 4.96. The summed E-state index contributed by atoms with van der Waals surface area (Å²) in [5, 5.41) is 7.29. The van der Waals surface area contributed by atoms with Crippen molar-refractivity contribution in [3.63, 3.8) is 0 Å². The second-order valence-corrected chi connectivity index (χ2v) is 8.67. The summed E-state index contributed by atoms with van der Waals surface area (Å²) >= 11 is 6.47. The van der Waals surface area contributed by atoms with Crippen molar-refractivity contribution in [1.82, 2.24) is 10.1 Å². The van der Waals surface area contributed by atoms with E-state index in [-0.39, 0.29) is 0 Å². The molecular formula is C25H33BN3S2. The Morgan fingerprint density at radius 2 is 2.16 bits per heavy atom. The number of allylic oxidation sites excluding steroid dienone is 8. The van der Waals surface area contributed by atoms with Crippen molar-refractivity contribution in [3.8, 4) is 0 Å². The van der Waals surface area contributed by atoms with E-state index in [1.54, 1.807) is 17.1 Å². The lowest BCUT2D eigenvalue weighted by Crippen LogP contribution is -2.38. The van der Waals surface area contributed by atoms with Gasteiger partial charge in [0, 0.05) is 40.6 Å². The maximum Gasteiger partial charge on any atom is 0.240 e. The second-order valence-electron chi connectivity index (χ2n) is 7.40. The topological polar surface area (TPSA) is 27.6 Å². The van der Waals surface area contributed by atoms with Gasteiger partial charge in [0.1, 0.15) is 5.84 Å². The van der Waals surface area contributed by atoms with Crippen molar-refractivity contribution in [3.05, 3.63) is 81.7 Å². The average Bonchev–Trinajstić information content (AvgIpc) is 3.19. The summed E-state index contributed by atoms with van der Waals surface area (Å²) in [5.74, 6) is 0.999. The monoisotopic (exact) mass is 450 g/mol. The molecule has 0 aromatic carbocycles. The van der Waals surface area contributed by atoms with Gasteiger partial charge in [0.05, 0.1) is 6.54 Å². The molecule has 0 amide bonds. The largest absolute Gasteiger partial charge is 0.352 e. The van der Waals surface area contributed by atoms with Crippen LogP contribution < -0.4 is 5.23 Å². The van der Waals surface area contributed by atoms with Crippen LogP contribution in [0.4, 0.5) is 0 Å². The molecule has 0 bridgehead atoms. The van der Waals surface area contributed by atoms with Gasteiger partial charge in [0.2, 0.25) is 7.41 Å². The van der Waals surface area contributed by atoms with Crippen LogP contribution in [0.5, 0.6) is 0 Å². The number of aliphatic imine (C=N–C) groups is 1. The number of nitrogens with one attached hydrogen (secondary N) is 1. The molecule has 0 aromatic heterocycles. The quantitative estimate of drug-likeness (QED) is 0.178. The molecule has 1 radical (unpaired) electrons. The maximum absolute atomic E-state index is 4.96. The fourth-order valence-corrected chi connectivity index (χ4v) is 4.29. The summed E-state index contributed by atoms with van der Waals surface area (Å²) < 4.78 is 0. The smallest absolute Gasteiger partial charge is 0.240 e. The van der Waals surface area contributed by atoms with Crippen molar-refractivity contribution in [2.24, 2.45) is 4.99 Å². The van der Waals surface area contributed by atoms with Crippen LogP contribution >= 0.6 is 24.0 Å². The van der Waals surface area contributed by atoms with Crippen molar-refractivity contribution in [1.29, 1.82) is 0 Å². The fraction of sp³-hybridized carbons (Fsp3) is 0.360. The Balaban J connectivity index is 2.27. The third-order valence-electron chi connectivity index (χ3n) is 4.97. The van der Waals surface area contributed by atoms with E-state index in [0.29, 0.717) is 12.6 Å². The Bertz CT molecular complexity index is 875. The molecule has 1 atom stereocenters. The lowest BCUT2D eigenvalue weighted by Gasteiger charge is -2.29. The first-order chi connectivity index (χ1) is 15.0. The molecule has 3 nitrogen and oxygen atoms in total. The molecule has 1 fully saturated rings. The first-order valence-corrected chi connectivity index (χ1v) is 12.1. The molecule has 0 aliphatic carbocycles. The summed E-state index contributed by atoms with van der Waals surface area (Å²) in [6, 6.07) is 0.319. The van der Waals surface area contributed by atoms with Gasteiger partial charge in [-0.2, -0.15) is 0 Å². The molecule has 1 unspecified atom stereocenters. The third-order valence-corrected chi connectivity index (χ3v) is 6.00. The van der Waals surface area contributed by atoms with E-state index in [0.717, 1.165) is 35.6 Å². The number of rotatable bonds is 11. The Kier molecular flexibility index (Phi) is 11.1. The summed E-state index contributed by atoms with van der Waals surface area (Å²) in [4.78, 5) is 8.31. The van der Waals surface area contributed by atoms with Crippen LogP contribution in [0.25, 0.3) is 0 Å². The minimum Gasteiger partial charge on any atom is -0.352 e. The molecule has 2 aliphatic heterocycles. The predicted molar refractivity (Wildman–Crippen MR) is 145 cm³/mol. The Hall–Kier alpha value is -1.89. The van der Waals surface area contributed by atoms with E-state index in [9.17, 15) is 0 Å². The first-order valence-electron chi connectivity index (χ1n) is 10.8. The minimum absolute atomic E-state index is 0.319. The molecule has 2 aliphatic rings. The minimum atomic E-state index is 0.319. The second kappa shape index (κ2) is 13.5. The van der Waals surface area contributed by atoms with Crippen LogP contribution in [0.3, 0.4) is 0 Å². The number of thiocarbonyl (C=S) groups is 1. The Morgan fingerprint density at radius 1 is 1.35 bits per heavy atom. The van der Waals surface area contributed by atoms with Crippen molar-refractivity contribution < 1.29 is 0 Å². The lowest BCUT2D eigenvalue weighted by atomic mass is 9.82. The van der Waals surface area contributed by atoms with Gasteiger partial charge >= 0.3 is 0 Å². The van der Waals surface area contributed by atoms with Gasteiger partial charge in [-0.1, -0.05) is 92.4 Å². The zero-order chi connectivity index (χ0) is 22.6.